The van der Waals surface area contributed by atoms with E-state index >= 15 is 0 Å². The average molecular weight is 455 g/mol. The van der Waals surface area contributed by atoms with Gasteiger partial charge in [0.25, 0.3) is 5.56 Å². The van der Waals surface area contributed by atoms with Gasteiger partial charge in [-0.1, -0.05) is 13.8 Å². The molecular weight excluding hydrogens is 431 g/mol. The summed E-state index contributed by atoms with van der Waals surface area (Å²) < 4.78 is 54.0. The fourth-order valence-corrected chi connectivity index (χ4v) is 2.82. The topological polar surface area (TPSA) is 152 Å². The Morgan fingerprint density at radius 3 is 2.61 bits per heavy atom. The van der Waals surface area contributed by atoms with Crippen LogP contribution in [0.4, 0.5) is 13.2 Å². The predicted molar refractivity (Wildman–Crippen MR) is 96.9 cm³/mol. The summed E-state index contributed by atoms with van der Waals surface area (Å²) in [5.74, 6) is -2.06. The molecule has 1 fully saturated rings. The van der Waals surface area contributed by atoms with Crippen molar-refractivity contribution in [3.63, 3.8) is 0 Å². The summed E-state index contributed by atoms with van der Waals surface area (Å²) in [4.78, 5) is 36.2. The molecule has 4 atom stereocenters. The maximum Gasteiger partial charge on any atom is 0.471 e. The SMILES string of the molecule is CC(C)(CNC(=O)C(F)(F)F)COCO[C@@H]1[C@H](O)[C@@H](CO)O[C@H]1n1ccc(=O)[nH]c1=O. The third kappa shape index (κ3) is 6.61. The minimum absolute atomic E-state index is 0.110. The zero-order chi connectivity index (χ0) is 23.4. The Balaban J connectivity index is 1.94. The number of amides is 1. The molecule has 1 aliphatic heterocycles. The van der Waals surface area contributed by atoms with Gasteiger partial charge >= 0.3 is 17.8 Å². The fraction of sp³-hybridized carbons (Fsp3) is 0.706. The standard InChI is InChI=1S/C17H24F3N3O8/c1-16(2,6-21-14(27)17(18,19)20)7-29-8-30-12-11(26)9(5-24)31-13(12)23-4-3-10(25)22-15(23)28/h3-4,9,11-13,24,26H,5-8H2,1-2H3,(H,21,27)(H,22,25,28)/t9-,11-,12-,13-/m1/s1. The Kier molecular flexibility index (Phi) is 7.99. The second kappa shape index (κ2) is 9.91. The molecule has 0 bridgehead atoms. The minimum Gasteiger partial charge on any atom is -0.394 e. The maximum atomic E-state index is 12.3. The van der Waals surface area contributed by atoms with Gasteiger partial charge in [0.2, 0.25) is 0 Å². The van der Waals surface area contributed by atoms with Crippen molar-refractivity contribution in [2.45, 2.75) is 44.6 Å². The van der Waals surface area contributed by atoms with Crippen LogP contribution in [0.1, 0.15) is 20.1 Å². The number of halogens is 3. The molecule has 2 heterocycles. The summed E-state index contributed by atoms with van der Waals surface area (Å²) in [6, 6.07) is 1.06. The molecule has 2 rings (SSSR count). The van der Waals surface area contributed by atoms with E-state index in [1.165, 1.54) is 0 Å². The number of nitrogens with zero attached hydrogens (tertiary/aromatic N) is 1. The smallest absolute Gasteiger partial charge is 0.394 e. The zero-order valence-corrected chi connectivity index (χ0v) is 16.7. The summed E-state index contributed by atoms with van der Waals surface area (Å²) in [5.41, 5.74) is -2.34. The first-order chi connectivity index (χ1) is 14.4. The highest BCUT2D eigenvalue weighted by molar-refractivity contribution is 5.81. The number of carbonyl (C=O) groups is 1. The van der Waals surface area contributed by atoms with Gasteiger partial charge in [-0.2, -0.15) is 13.2 Å². The first-order valence-electron chi connectivity index (χ1n) is 9.16. The van der Waals surface area contributed by atoms with Crippen molar-refractivity contribution in [3.8, 4) is 0 Å². The Morgan fingerprint density at radius 2 is 2.03 bits per heavy atom. The molecule has 0 aromatic carbocycles. The van der Waals surface area contributed by atoms with Gasteiger partial charge in [-0.3, -0.25) is 19.1 Å². The van der Waals surface area contributed by atoms with Gasteiger partial charge in [-0.15, -0.1) is 0 Å². The molecule has 0 radical (unpaired) electrons. The van der Waals surface area contributed by atoms with E-state index in [1.807, 2.05) is 4.98 Å². The summed E-state index contributed by atoms with van der Waals surface area (Å²) in [7, 11) is 0. The second-order valence-corrected chi connectivity index (χ2v) is 7.70. The third-order valence-corrected chi connectivity index (χ3v) is 4.44. The highest BCUT2D eigenvalue weighted by atomic mass is 19.4. The second-order valence-electron chi connectivity index (χ2n) is 7.70. The molecule has 0 spiro atoms. The van der Waals surface area contributed by atoms with Gasteiger partial charge in [0.15, 0.2) is 6.23 Å². The van der Waals surface area contributed by atoms with Crippen molar-refractivity contribution in [2.24, 2.45) is 5.41 Å². The molecule has 11 nitrogen and oxygen atoms in total. The largest absolute Gasteiger partial charge is 0.471 e. The van der Waals surface area contributed by atoms with Crippen molar-refractivity contribution in [3.05, 3.63) is 33.1 Å². The minimum atomic E-state index is -4.99. The van der Waals surface area contributed by atoms with Crippen molar-refractivity contribution in [2.75, 3.05) is 26.6 Å². The van der Waals surface area contributed by atoms with Gasteiger partial charge in [0.1, 0.15) is 25.1 Å². The number of aromatic nitrogens is 2. The Bertz CT molecular complexity index is 869. The lowest BCUT2D eigenvalue weighted by atomic mass is 9.95. The Hall–Kier alpha value is -2.26. The highest BCUT2D eigenvalue weighted by Crippen LogP contribution is 2.30. The quantitative estimate of drug-likeness (QED) is 0.269. The van der Waals surface area contributed by atoms with Gasteiger partial charge in [-0.05, 0) is 0 Å². The van der Waals surface area contributed by atoms with Gasteiger partial charge in [-0.25, -0.2) is 4.79 Å². The molecule has 1 aromatic rings. The van der Waals surface area contributed by atoms with Crippen LogP contribution in [0.3, 0.4) is 0 Å². The molecule has 176 valence electrons. The van der Waals surface area contributed by atoms with Crippen LogP contribution in [-0.4, -0.2) is 76.7 Å². The normalized spacial score (nSPS) is 24.4. The summed E-state index contributed by atoms with van der Waals surface area (Å²) >= 11 is 0. The lowest BCUT2D eigenvalue weighted by Crippen LogP contribution is -2.43. The van der Waals surface area contributed by atoms with E-state index in [1.54, 1.807) is 19.2 Å². The molecule has 0 aliphatic carbocycles. The first-order valence-corrected chi connectivity index (χ1v) is 9.16. The van der Waals surface area contributed by atoms with Crippen LogP contribution in [0.25, 0.3) is 0 Å². The Labute approximate surface area is 173 Å². The van der Waals surface area contributed by atoms with E-state index < -0.39 is 66.7 Å². The van der Waals surface area contributed by atoms with Crippen molar-refractivity contribution in [1.29, 1.82) is 0 Å². The van der Waals surface area contributed by atoms with Crippen LogP contribution >= 0.6 is 0 Å². The summed E-state index contributed by atoms with van der Waals surface area (Å²) in [6.45, 7) is 1.68. The molecule has 1 saturated heterocycles. The Morgan fingerprint density at radius 1 is 1.35 bits per heavy atom. The van der Waals surface area contributed by atoms with Crippen LogP contribution in [0.2, 0.25) is 0 Å². The van der Waals surface area contributed by atoms with Crippen molar-refractivity contribution >= 4 is 5.91 Å². The average Bonchev–Trinajstić information content (AvgIpc) is 2.98. The number of carbonyl (C=O) groups excluding carboxylic acids is 1. The molecule has 1 aromatic heterocycles. The molecule has 14 heteroatoms. The third-order valence-electron chi connectivity index (χ3n) is 4.44. The molecule has 4 N–H and O–H groups in total. The number of rotatable bonds is 9. The van der Waals surface area contributed by atoms with E-state index in [9.17, 15) is 37.8 Å². The highest BCUT2D eigenvalue weighted by Gasteiger charge is 2.46. The molecule has 0 unspecified atom stereocenters. The predicted octanol–water partition coefficient (Wildman–Crippen LogP) is -1.15. The van der Waals surface area contributed by atoms with Gasteiger partial charge in [0.05, 0.1) is 13.2 Å². The molecule has 0 saturated carbocycles. The fourth-order valence-electron chi connectivity index (χ4n) is 2.82. The van der Waals surface area contributed by atoms with Crippen molar-refractivity contribution in [1.82, 2.24) is 14.9 Å². The van der Waals surface area contributed by atoms with Crippen LogP contribution in [0.5, 0.6) is 0 Å². The van der Waals surface area contributed by atoms with Crippen LogP contribution in [0, 0.1) is 5.41 Å². The van der Waals surface area contributed by atoms with E-state index in [0.717, 1.165) is 16.8 Å². The number of hydrogen-bond donors (Lipinski definition) is 4. The van der Waals surface area contributed by atoms with Gasteiger partial charge in [0, 0.05) is 24.2 Å². The number of H-pyrrole nitrogens is 1. The van der Waals surface area contributed by atoms with E-state index in [-0.39, 0.29) is 13.2 Å². The number of nitrogens with one attached hydrogen (secondary N) is 2. The van der Waals surface area contributed by atoms with Crippen LogP contribution in [0.15, 0.2) is 21.9 Å². The molecule has 31 heavy (non-hydrogen) atoms. The molecule has 1 aliphatic rings. The number of hydrogen-bond acceptors (Lipinski definition) is 8. The lowest BCUT2D eigenvalue weighted by Gasteiger charge is -2.26. The van der Waals surface area contributed by atoms with Crippen molar-refractivity contribution < 1.29 is 42.4 Å². The first kappa shape index (κ1) is 25.0. The zero-order valence-electron chi connectivity index (χ0n) is 16.7. The van der Waals surface area contributed by atoms with E-state index in [2.05, 4.69) is 0 Å². The molecular formula is C17H24F3N3O8. The lowest BCUT2D eigenvalue weighted by molar-refractivity contribution is -0.174. The summed E-state index contributed by atoms with van der Waals surface area (Å²) in [6.07, 6.45) is -8.59. The monoisotopic (exact) mass is 455 g/mol. The van der Waals surface area contributed by atoms with E-state index in [0.29, 0.717) is 0 Å². The van der Waals surface area contributed by atoms with Gasteiger partial charge < -0.3 is 29.7 Å². The number of alkyl halides is 3. The summed E-state index contributed by atoms with van der Waals surface area (Å²) in [5, 5.41) is 21.4. The number of ether oxygens (including phenoxy) is 3. The molecule has 1 amide bonds. The maximum absolute atomic E-state index is 12.3. The number of aliphatic hydroxyl groups excluding tert-OH is 2. The van der Waals surface area contributed by atoms with Crippen LogP contribution < -0.4 is 16.6 Å². The number of aliphatic hydroxyl groups is 2. The van der Waals surface area contributed by atoms with Crippen LogP contribution in [-0.2, 0) is 19.0 Å². The van der Waals surface area contributed by atoms with E-state index in [4.69, 9.17) is 14.2 Å². The number of aromatic amines is 1.